The van der Waals surface area contributed by atoms with Crippen LogP contribution in [0.1, 0.15) is 34.7 Å². The Kier molecular flexibility index (Phi) is 5.97. The summed E-state index contributed by atoms with van der Waals surface area (Å²) in [4.78, 5) is 18.9. The van der Waals surface area contributed by atoms with E-state index in [-0.39, 0.29) is 24.1 Å². The van der Waals surface area contributed by atoms with Crippen molar-refractivity contribution < 1.29 is 9.18 Å². The maximum Gasteiger partial charge on any atom is 0.223 e. The standard InChI is InChI=1S/C23H23FN2O/c1-17-9-8-14-25-22(17)16-26(2)23(27)15-20(18-10-4-3-5-11-18)19-12-6-7-13-21(19)24/h3-14,20H,15-16H2,1-2H3. The van der Waals surface area contributed by atoms with Gasteiger partial charge < -0.3 is 4.90 Å². The Balaban J connectivity index is 1.83. The van der Waals surface area contributed by atoms with Crippen molar-refractivity contribution in [3.8, 4) is 0 Å². The molecule has 1 atom stereocenters. The molecule has 27 heavy (non-hydrogen) atoms. The molecule has 0 aliphatic rings. The molecule has 1 unspecified atom stereocenters. The van der Waals surface area contributed by atoms with Crippen LogP contribution in [0.2, 0.25) is 0 Å². The second-order valence-electron chi connectivity index (χ2n) is 6.71. The van der Waals surface area contributed by atoms with E-state index in [2.05, 4.69) is 4.98 Å². The third kappa shape index (κ3) is 4.59. The van der Waals surface area contributed by atoms with Gasteiger partial charge in [-0.05, 0) is 35.7 Å². The van der Waals surface area contributed by atoms with Crippen LogP contribution in [0.25, 0.3) is 0 Å². The third-order valence-corrected chi connectivity index (χ3v) is 4.79. The molecular weight excluding hydrogens is 339 g/mol. The Bertz CT molecular complexity index is 911. The van der Waals surface area contributed by atoms with Gasteiger partial charge in [-0.1, -0.05) is 54.6 Å². The maximum absolute atomic E-state index is 14.4. The highest BCUT2D eigenvalue weighted by Gasteiger charge is 2.23. The van der Waals surface area contributed by atoms with Crippen LogP contribution >= 0.6 is 0 Å². The molecule has 0 aliphatic carbocycles. The molecule has 3 aromatic rings. The van der Waals surface area contributed by atoms with Crippen molar-refractivity contribution in [3.63, 3.8) is 0 Å². The second kappa shape index (κ2) is 8.58. The number of benzene rings is 2. The number of carbonyl (C=O) groups excluding carboxylic acids is 1. The number of carbonyl (C=O) groups is 1. The molecule has 1 aromatic heterocycles. The lowest BCUT2D eigenvalue weighted by Crippen LogP contribution is -2.28. The summed E-state index contributed by atoms with van der Waals surface area (Å²) < 4.78 is 14.4. The first kappa shape index (κ1) is 18.8. The van der Waals surface area contributed by atoms with Gasteiger partial charge in [0.05, 0.1) is 12.2 Å². The fourth-order valence-electron chi connectivity index (χ4n) is 3.18. The summed E-state index contributed by atoms with van der Waals surface area (Å²) in [7, 11) is 1.76. The van der Waals surface area contributed by atoms with E-state index in [0.29, 0.717) is 12.1 Å². The zero-order chi connectivity index (χ0) is 19.2. The van der Waals surface area contributed by atoms with E-state index in [1.54, 1.807) is 36.3 Å². The zero-order valence-electron chi connectivity index (χ0n) is 15.6. The molecule has 138 valence electrons. The number of pyridine rings is 1. The quantitative estimate of drug-likeness (QED) is 0.636. The lowest BCUT2D eigenvalue weighted by molar-refractivity contribution is -0.130. The maximum atomic E-state index is 14.4. The van der Waals surface area contributed by atoms with Crippen LogP contribution in [0.5, 0.6) is 0 Å². The van der Waals surface area contributed by atoms with Gasteiger partial charge in [0, 0.05) is 25.6 Å². The monoisotopic (exact) mass is 362 g/mol. The van der Waals surface area contributed by atoms with Gasteiger partial charge in [-0.2, -0.15) is 0 Å². The number of hydrogen-bond acceptors (Lipinski definition) is 2. The van der Waals surface area contributed by atoms with Gasteiger partial charge >= 0.3 is 0 Å². The highest BCUT2D eigenvalue weighted by Crippen LogP contribution is 2.30. The first-order valence-corrected chi connectivity index (χ1v) is 9.00. The SMILES string of the molecule is Cc1cccnc1CN(C)C(=O)CC(c1ccccc1)c1ccccc1F. The summed E-state index contributed by atoms with van der Waals surface area (Å²) in [6.07, 6.45) is 1.93. The van der Waals surface area contributed by atoms with Gasteiger partial charge in [-0.3, -0.25) is 9.78 Å². The Morgan fingerprint density at radius 3 is 2.44 bits per heavy atom. The molecule has 0 radical (unpaired) electrons. The summed E-state index contributed by atoms with van der Waals surface area (Å²) >= 11 is 0. The summed E-state index contributed by atoms with van der Waals surface area (Å²) in [5, 5.41) is 0. The van der Waals surface area contributed by atoms with Crippen LogP contribution in [0, 0.1) is 12.7 Å². The van der Waals surface area contributed by atoms with E-state index in [4.69, 9.17) is 0 Å². The van der Waals surface area contributed by atoms with Crippen molar-refractivity contribution in [2.45, 2.75) is 25.8 Å². The molecule has 3 nitrogen and oxygen atoms in total. The van der Waals surface area contributed by atoms with E-state index >= 15 is 0 Å². The molecule has 1 heterocycles. The minimum Gasteiger partial charge on any atom is -0.340 e. The normalized spacial score (nSPS) is 11.8. The number of nitrogens with zero attached hydrogens (tertiary/aromatic N) is 2. The number of rotatable bonds is 6. The molecule has 1 amide bonds. The van der Waals surface area contributed by atoms with Crippen LogP contribution in [-0.4, -0.2) is 22.8 Å². The molecule has 0 fully saturated rings. The van der Waals surface area contributed by atoms with Gasteiger partial charge in [-0.15, -0.1) is 0 Å². The van der Waals surface area contributed by atoms with Crippen molar-refractivity contribution in [1.82, 2.24) is 9.88 Å². The fraction of sp³-hybridized carbons (Fsp3) is 0.217. The molecule has 0 bridgehead atoms. The topological polar surface area (TPSA) is 33.2 Å². The van der Waals surface area contributed by atoms with Crippen LogP contribution in [0.3, 0.4) is 0 Å². The molecule has 4 heteroatoms. The number of aryl methyl sites for hydroxylation is 1. The van der Waals surface area contributed by atoms with E-state index in [9.17, 15) is 9.18 Å². The second-order valence-corrected chi connectivity index (χ2v) is 6.71. The predicted octanol–water partition coefficient (Wildman–Crippen LogP) is 4.71. The largest absolute Gasteiger partial charge is 0.340 e. The van der Waals surface area contributed by atoms with E-state index in [1.807, 2.05) is 49.4 Å². The lowest BCUT2D eigenvalue weighted by atomic mass is 9.87. The molecule has 0 N–H and O–H groups in total. The van der Waals surface area contributed by atoms with Crippen LogP contribution in [0.15, 0.2) is 72.9 Å². The summed E-state index contributed by atoms with van der Waals surface area (Å²) in [5.74, 6) is -0.660. The summed E-state index contributed by atoms with van der Waals surface area (Å²) in [6, 6.07) is 20.1. The van der Waals surface area contributed by atoms with Crippen molar-refractivity contribution >= 4 is 5.91 Å². The molecular formula is C23H23FN2O. The summed E-state index contributed by atoms with van der Waals surface area (Å²) in [5.41, 5.74) is 3.39. The molecule has 0 saturated carbocycles. The van der Waals surface area contributed by atoms with Gasteiger partial charge in [0.15, 0.2) is 0 Å². The number of aromatic nitrogens is 1. The van der Waals surface area contributed by atoms with E-state index in [1.165, 1.54) is 6.07 Å². The number of halogens is 1. The minimum atomic E-state index is -0.327. The van der Waals surface area contributed by atoms with Crippen molar-refractivity contribution in [3.05, 3.63) is 101 Å². The minimum absolute atomic E-state index is 0.0443. The Hall–Kier alpha value is -3.01. The Morgan fingerprint density at radius 1 is 1.04 bits per heavy atom. The molecule has 0 saturated heterocycles. The smallest absolute Gasteiger partial charge is 0.223 e. The van der Waals surface area contributed by atoms with Crippen molar-refractivity contribution in [2.75, 3.05) is 7.05 Å². The van der Waals surface area contributed by atoms with E-state index in [0.717, 1.165) is 16.8 Å². The fourth-order valence-corrected chi connectivity index (χ4v) is 3.18. The van der Waals surface area contributed by atoms with Crippen molar-refractivity contribution in [2.24, 2.45) is 0 Å². The average Bonchev–Trinajstić information content (AvgIpc) is 2.69. The molecule has 3 rings (SSSR count). The Labute approximate surface area is 159 Å². The van der Waals surface area contributed by atoms with Gasteiger partial charge in [0.25, 0.3) is 0 Å². The molecule has 0 aliphatic heterocycles. The van der Waals surface area contributed by atoms with Gasteiger partial charge in [0.2, 0.25) is 5.91 Å². The number of amides is 1. The van der Waals surface area contributed by atoms with Crippen molar-refractivity contribution in [1.29, 1.82) is 0 Å². The average molecular weight is 362 g/mol. The zero-order valence-corrected chi connectivity index (χ0v) is 15.6. The molecule has 2 aromatic carbocycles. The van der Waals surface area contributed by atoms with Crippen LogP contribution in [-0.2, 0) is 11.3 Å². The highest BCUT2D eigenvalue weighted by molar-refractivity contribution is 5.77. The van der Waals surface area contributed by atoms with Crippen LogP contribution < -0.4 is 0 Å². The first-order chi connectivity index (χ1) is 13.1. The first-order valence-electron chi connectivity index (χ1n) is 9.00. The van der Waals surface area contributed by atoms with Gasteiger partial charge in [-0.25, -0.2) is 4.39 Å². The summed E-state index contributed by atoms with van der Waals surface area (Å²) in [6.45, 7) is 2.41. The lowest BCUT2D eigenvalue weighted by Gasteiger charge is -2.23. The predicted molar refractivity (Wildman–Crippen MR) is 105 cm³/mol. The third-order valence-electron chi connectivity index (χ3n) is 4.79. The highest BCUT2D eigenvalue weighted by atomic mass is 19.1. The molecule has 0 spiro atoms. The van der Waals surface area contributed by atoms with Gasteiger partial charge in [0.1, 0.15) is 5.82 Å². The Morgan fingerprint density at radius 2 is 1.74 bits per heavy atom. The van der Waals surface area contributed by atoms with Crippen LogP contribution in [0.4, 0.5) is 4.39 Å². The van der Waals surface area contributed by atoms with E-state index < -0.39 is 0 Å². The number of hydrogen-bond donors (Lipinski definition) is 0.